The minimum Gasteiger partial charge on any atom is -0.285 e. The smallest absolute Gasteiger partial charge is 0.0562 e. The van der Waals surface area contributed by atoms with Crippen LogP contribution in [-0.4, -0.2) is 56.2 Å². The van der Waals surface area contributed by atoms with Crippen molar-refractivity contribution >= 4 is 23.5 Å². The molecule has 226 valence electrons. The fraction of sp³-hybridized carbons (Fsp3) is 1.00. The molecule has 8 fully saturated rings. The molecule has 6 aliphatic carbocycles. The molecule has 10 unspecified atom stereocenters. The van der Waals surface area contributed by atoms with Gasteiger partial charge in [0.2, 0.25) is 0 Å². The Morgan fingerprint density at radius 1 is 0.375 bits per heavy atom. The van der Waals surface area contributed by atoms with E-state index in [1.807, 2.05) is 0 Å². The average molecular weight is 585 g/mol. The molecule has 40 heavy (non-hydrogen) atoms. The zero-order valence-electron chi connectivity index (χ0n) is 25.6. The largest absolute Gasteiger partial charge is 0.285 e. The lowest BCUT2D eigenvalue weighted by Crippen LogP contribution is -2.63. The predicted molar refractivity (Wildman–Crippen MR) is 174 cm³/mol. The zero-order chi connectivity index (χ0) is 26.5. The number of hydrogen-bond acceptors (Lipinski definition) is 4. The van der Waals surface area contributed by atoms with E-state index in [0.717, 1.165) is 70.4 Å². The topological polar surface area (TPSA) is 6.48 Å². The fourth-order valence-electron chi connectivity index (χ4n) is 12.8. The summed E-state index contributed by atoms with van der Waals surface area (Å²) in [5.41, 5.74) is 0. The lowest BCUT2D eigenvalue weighted by atomic mass is 9.46. The summed E-state index contributed by atoms with van der Waals surface area (Å²) in [6, 6.07) is 3.70. The van der Waals surface area contributed by atoms with E-state index in [9.17, 15) is 0 Å². The Morgan fingerprint density at radius 3 is 1.20 bits per heavy atom. The standard InChI is InChI=1S/C36H60N2S2/c1-3-9-27(10-4-1)37(33-13-7-23-39-33)31-21-17-25-15-16-26-18-22-32(30-20-19-29(31)35(25)36(26)30)38(34-14-8-24-40-34)28-11-5-2-6-12-28/h25-36H,1-24H2. The molecule has 2 aliphatic heterocycles. The summed E-state index contributed by atoms with van der Waals surface area (Å²) in [6.07, 6.45) is 33.7. The molecule has 2 saturated heterocycles. The van der Waals surface area contributed by atoms with Crippen LogP contribution in [0.4, 0.5) is 0 Å². The van der Waals surface area contributed by atoms with Crippen molar-refractivity contribution in [2.24, 2.45) is 35.5 Å². The summed E-state index contributed by atoms with van der Waals surface area (Å²) < 4.78 is 0. The van der Waals surface area contributed by atoms with Crippen molar-refractivity contribution < 1.29 is 0 Å². The van der Waals surface area contributed by atoms with Gasteiger partial charge in [0.05, 0.1) is 10.7 Å². The van der Waals surface area contributed by atoms with Crippen LogP contribution in [0.1, 0.15) is 141 Å². The van der Waals surface area contributed by atoms with Gasteiger partial charge in [-0.1, -0.05) is 38.5 Å². The first kappa shape index (κ1) is 28.1. The van der Waals surface area contributed by atoms with E-state index in [1.165, 1.54) is 101 Å². The summed E-state index contributed by atoms with van der Waals surface area (Å²) in [6.45, 7) is 0. The maximum Gasteiger partial charge on any atom is 0.0562 e. The van der Waals surface area contributed by atoms with Gasteiger partial charge in [0.1, 0.15) is 0 Å². The van der Waals surface area contributed by atoms with E-state index in [0.29, 0.717) is 0 Å². The SMILES string of the molecule is C1CCC(N(C2CCCS2)C2CCC3CCC4CCC(N(C5CCCCC5)C5CCCS5)C5CCC2C3C45)CC1. The third kappa shape index (κ3) is 5.19. The minimum absolute atomic E-state index is 0.863. The molecular formula is C36H60N2S2. The number of rotatable bonds is 6. The molecular weight excluding hydrogens is 525 g/mol. The van der Waals surface area contributed by atoms with Crippen LogP contribution in [0, 0.1) is 35.5 Å². The summed E-state index contributed by atoms with van der Waals surface area (Å²) >= 11 is 4.73. The van der Waals surface area contributed by atoms with Crippen LogP contribution in [0.25, 0.3) is 0 Å². The van der Waals surface area contributed by atoms with Crippen molar-refractivity contribution in [2.45, 2.75) is 176 Å². The van der Waals surface area contributed by atoms with Crippen LogP contribution >= 0.6 is 23.5 Å². The Morgan fingerprint density at radius 2 is 0.800 bits per heavy atom. The Balaban J connectivity index is 1.08. The van der Waals surface area contributed by atoms with Gasteiger partial charge < -0.3 is 0 Å². The molecule has 0 N–H and O–H groups in total. The van der Waals surface area contributed by atoms with Crippen molar-refractivity contribution in [2.75, 3.05) is 11.5 Å². The van der Waals surface area contributed by atoms with Gasteiger partial charge in [-0.05, 0) is 150 Å². The molecule has 4 heteroatoms. The molecule has 0 aromatic rings. The second-order valence-electron chi connectivity index (χ2n) is 15.9. The Hall–Kier alpha value is 0.620. The van der Waals surface area contributed by atoms with Crippen molar-refractivity contribution in [3.05, 3.63) is 0 Å². The van der Waals surface area contributed by atoms with Gasteiger partial charge >= 0.3 is 0 Å². The third-order valence-electron chi connectivity index (χ3n) is 14.2. The first-order valence-electron chi connectivity index (χ1n) is 18.6. The van der Waals surface area contributed by atoms with E-state index in [2.05, 4.69) is 33.3 Å². The molecule has 0 amide bonds. The maximum atomic E-state index is 3.28. The van der Waals surface area contributed by atoms with Crippen molar-refractivity contribution in [3.63, 3.8) is 0 Å². The monoisotopic (exact) mass is 584 g/mol. The van der Waals surface area contributed by atoms with Crippen molar-refractivity contribution in [1.82, 2.24) is 9.80 Å². The highest BCUT2D eigenvalue weighted by molar-refractivity contribution is 8.00. The van der Waals surface area contributed by atoms with E-state index in [4.69, 9.17) is 0 Å². The van der Waals surface area contributed by atoms with Crippen LogP contribution in [0.3, 0.4) is 0 Å². The van der Waals surface area contributed by atoms with Crippen LogP contribution < -0.4 is 0 Å². The fourth-order valence-corrected chi connectivity index (χ4v) is 15.7. The summed E-state index contributed by atoms with van der Waals surface area (Å²) in [5.74, 6) is 9.27. The second-order valence-corrected chi connectivity index (χ2v) is 18.4. The lowest BCUT2D eigenvalue weighted by molar-refractivity contribution is -0.140. The Bertz CT molecular complexity index is 759. The van der Waals surface area contributed by atoms with E-state index >= 15 is 0 Å². The Kier molecular flexibility index (Phi) is 8.82. The molecule has 10 atom stereocenters. The van der Waals surface area contributed by atoms with Crippen LogP contribution in [-0.2, 0) is 0 Å². The van der Waals surface area contributed by atoms with Gasteiger partial charge in [-0.2, -0.15) is 0 Å². The van der Waals surface area contributed by atoms with Crippen LogP contribution in [0.15, 0.2) is 0 Å². The average Bonchev–Trinajstić information content (AvgIpc) is 3.74. The molecule has 8 aliphatic rings. The molecule has 6 saturated carbocycles. The number of hydrogen-bond donors (Lipinski definition) is 0. The molecule has 2 heterocycles. The van der Waals surface area contributed by atoms with Gasteiger partial charge in [0, 0.05) is 24.2 Å². The predicted octanol–water partition coefficient (Wildman–Crippen LogP) is 9.57. The van der Waals surface area contributed by atoms with Gasteiger partial charge in [-0.25, -0.2) is 0 Å². The molecule has 8 rings (SSSR count). The molecule has 2 nitrogen and oxygen atoms in total. The summed E-state index contributed by atoms with van der Waals surface area (Å²) in [5, 5.41) is 1.73. The van der Waals surface area contributed by atoms with Gasteiger partial charge in [-0.15, -0.1) is 23.5 Å². The molecule has 0 bridgehead atoms. The van der Waals surface area contributed by atoms with Crippen LogP contribution in [0.2, 0.25) is 0 Å². The quantitative estimate of drug-likeness (QED) is 0.306. The molecule has 0 radical (unpaired) electrons. The van der Waals surface area contributed by atoms with E-state index in [1.54, 1.807) is 51.4 Å². The molecule has 0 aromatic heterocycles. The first-order chi connectivity index (χ1) is 19.9. The highest BCUT2D eigenvalue weighted by Gasteiger charge is 2.58. The first-order valence-corrected chi connectivity index (χ1v) is 20.7. The van der Waals surface area contributed by atoms with Crippen molar-refractivity contribution in [1.29, 1.82) is 0 Å². The maximum absolute atomic E-state index is 3.28. The van der Waals surface area contributed by atoms with Gasteiger partial charge in [0.25, 0.3) is 0 Å². The van der Waals surface area contributed by atoms with Gasteiger partial charge in [0.15, 0.2) is 0 Å². The number of nitrogens with zero attached hydrogens (tertiary/aromatic N) is 2. The van der Waals surface area contributed by atoms with Gasteiger partial charge in [-0.3, -0.25) is 9.80 Å². The highest BCUT2D eigenvalue weighted by atomic mass is 32.2. The summed E-state index contributed by atoms with van der Waals surface area (Å²) in [7, 11) is 0. The zero-order valence-corrected chi connectivity index (χ0v) is 27.2. The minimum atomic E-state index is 0.863. The van der Waals surface area contributed by atoms with Crippen molar-refractivity contribution in [3.8, 4) is 0 Å². The van der Waals surface area contributed by atoms with E-state index < -0.39 is 0 Å². The number of thioether (sulfide) groups is 2. The normalized spacial score (nSPS) is 46.6. The van der Waals surface area contributed by atoms with E-state index in [-0.39, 0.29) is 0 Å². The lowest BCUT2D eigenvalue weighted by Gasteiger charge is -2.64. The van der Waals surface area contributed by atoms with Crippen LogP contribution in [0.5, 0.6) is 0 Å². The highest BCUT2D eigenvalue weighted by Crippen LogP contribution is 2.62. The third-order valence-corrected chi connectivity index (χ3v) is 16.9. The second kappa shape index (κ2) is 12.5. The molecule has 0 spiro atoms. The summed E-state index contributed by atoms with van der Waals surface area (Å²) in [4.78, 5) is 6.57. The Labute approximate surface area is 255 Å². The molecule has 0 aromatic carbocycles.